The van der Waals surface area contributed by atoms with E-state index in [1.54, 1.807) is 42.5 Å². The van der Waals surface area contributed by atoms with Crippen molar-refractivity contribution in [3.8, 4) is 11.5 Å². The van der Waals surface area contributed by atoms with Crippen LogP contribution in [0.3, 0.4) is 0 Å². The number of nitrogens with zero attached hydrogens (tertiary/aromatic N) is 1. The number of ether oxygens (including phenoxy) is 2. The lowest BCUT2D eigenvalue weighted by Crippen LogP contribution is -2.29. The minimum atomic E-state index is -0.863. The number of methoxy groups -OCH3 is 1. The maximum Gasteiger partial charge on any atom is 0.300 e. The van der Waals surface area contributed by atoms with Crippen molar-refractivity contribution in [2.45, 2.75) is 26.3 Å². The molecule has 1 unspecified atom stereocenters. The second kappa shape index (κ2) is 9.83. The molecule has 0 aromatic heterocycles. The number of benzene rings is 3. The average molecular weight is 458 g/mol. The number of para-hydroxylation sites is 1. The van der Waals surface area contributed by atoms with Gasteiger partial charge in [0.1, 0.15) is 17.3 Å². The third-order valence-electron chi connectivity index (χ3n) is 5.74. The van der Waals surface area contributed by atoms with Crippen molar-refractivity contribution >= 4 is 23.1 Å². The van der Waals surface area contributed by atoms with Crippen molar-refractivity contribution in [2.24, 2.45) is 0 Å². The molecule has 3 aromatic carbocycles. The van der Waals surface area contributed by atoms with E-state index in [2.05, 4.69) is 0 Å². The van der Waals surface area contributed by atoms with Gasteiger partial charge >= 0.3 is 0 Å². The van der Waals surface area contributed by atoms with Gasteiger partial charge in [-0.1, -0.05) is 49.4 Å². The van der Waals surface area contributed by atoms with Crippen molar-refractivity contribution in [3.63, 3.8) is 0 Å². The number of ketones is 1. The van der Waals surface area contributed by atoms with E-state index >= 15 is 0 Å². The lowest BCUT2D eigenvalue weighted by molar-refractivity contribution is -0.132. The fourth-order valence-corrected chi connectivity index (χ4v) is 4.17. The molecule has 34 heavy (non-hydrogen) atoms. The number of aliphatic hydroxyl groups excluding tert-OH is 1. The third kappa shape index (κ3) is 4.27. The standard InChI is InChI=1S/C28H27NO5/c1-4-15-34-21-12-8-10-19(17-21)26(30)24-25(22-13-5-6-14-23(22)33-3)29(28(32)27(24)31)20-11-7-9-18(2)16-20/h5-14,16-17,25,30H,4,15H2,1-3H3/b26-24+. The first kappa shape index (κ1) is 23.1. The van der Waals surface area contributed by atoms with Crippen LogP contribution in [0.25, 0.3) is 5.76 Å². The van der Waals surface area contributed by atoms with Gasteiger partial charge in [0.2, 0.25) is 0 Å². The van der Waals surface area contributed by atoms with Gasteiger partial charge in [0, 0.05) is 16.8 Å². The molecule has 1 N–H and O–H groups in total. The zero-order chi connectivity index (χ0) is 24.2. The number of carbonyl (C=O) groups is 2. The molecule has 174 valence electrons. The second-order valence-corrected chi connectivity index (χ2v) is 8.13. The Morgan fingerprint density at radius 2 is 1.76 bits per heavy atom. The molecule has 6 heteroatoms. The SMILES string of the molecule is CCCOc1cccc(/C(O)=C2\C(=O)C(=O)N(c3cccc(C)c3)C2c2ccccc2OC)c1. The number of Topliss-reactive ketones (excluding diaryl/α,β-unsaturated/α-hetero) is 1. The number of carbonyl (C=O) groups excluding carboxylic acids is 2. The maximum atomic E-state index is 13.3. The minimum Gasteiger partial charge on any atom is -0.507 e. The number of anilines is 1. The Kier molecular flexibility index (Phi) is 6.68. The second-order valence-electron chi connectivity index (χ2n) is 8.13. The van der Waals surface area contributed by atoms with Crippen molar-refractivity contribution in [1.29, 1.82) is 0 Å². The van der Waals surface area contributed by atoms with Gasteiger partial charge < -0.3 is 14.6 Å². The molecule has 1 amide bonds. The molecular weight excluding hydrogens is 430 g/mol. The Hall–Kier alpha value is -4.06. The Morgan fingerprint density at radius 1 is 1.00 bits per heavy atom. The Balaban J connectivity index is 1.93. The molecule has 0 radical (unpaired) electrons. The summed E-state index contributed by atoms with van der Waals surface area (Å²) in [5, 5.41) is 11.4. The van der Waals surface area contributed by atoms with Crippen LogP contribution < -0.4 is 14.4 Å². The summed E-state index contributed by atoms with van der Waals surface area (Å²) in [6.07, 6.45) is 0.839. The maximum absolute atomic E-state index is 13.3. The van der Waals surface area contributed by atoms with Gasteiger partial charge in [-0.25, -0.2) is 0 Å². The van der Waals surface area contributed by atoms with E-state index in [4.69, 9.17) is 9.47 Å². The number of aliphatic hydroxyl groups is 1. The Bertz CT molecular complexity index is 1260. The largest absolute Gasteiger partial charge is 0.507 e. The highest BCUT2D eigenvalue weighted by molar-refractivity contribution is 6.51. The molecule has 1 atom stereocenters. The molecule has 3 aromatic rings. The monoisotopic (exact) mass is 457 g/mol. The van der Waals surface area contributed by atoms with Crippen LogP contribution in [0.2, 0.25) is 0 Å². The number of hydrogen-bond donors (Lipinski definition) is 1. The predicted molar refractivity (Wildman–Crippen MR) is 131 cm³/mol. The third-order valence-corrected chi connectivity index (χ3v) is 5.74. The van der Waals surface area contributed by atoms with E-state index in [9.17, 15) is 14.7 Å². The van der Waals surface area contributed by atoms with E-state index in [-0.39, 0.29) is 11.3 Å². The van der Waals surface area contributed by atoms with Crippen LogP contribution >= 0.6 is 0 Å². The van der Waals surface area contributed by atoms with Gasteiger partial charge in [-0.3, -0.25) is 14.5 Å². The number of hydrogen-bond acceptors (Lipinski definition) is 5. The van der Waals surface area contributed by atoms with Crippen LogP contribution in [-0.4, -0.2) is 30.5 Å². The molecule has 1 aliphatic rings. The molecule has 1 fully saturated rings. The van der Waals surface area contributed by atoms with Gasteiger partial charge in [-0.2, -0.15) is 0 Å². The van der Waals surface area contributed by atoms with Crippen LogP contribution in [0.15, 0.2) is 78.4 Å². The quantitative estimate of drug-likeness (QED) is 0.291. The normalized spacial score (nSPS) is 17.1. The van der Waals surface area contributed by atoms with Gasteiger partial charge in [0.25, 0.3) is 11.7 Å². The summed E-state index contributed by atoms with van der Waals surface area (Å²) in [5.74, 6) is -0.631. The topological polar surface area (TPSA) is 76.1 Å². The van der Waals surface area contributed by atoms with Gasteiger partial charge in [0.05, 0.1) is 25.3 Å². The molecule has 1 heterocycles. The van der Waals surface area contributed by atoms with Gasteiger partial charge in [-0.15, -0.1) is 0 Å². The number of aryl methyl sites for hydroxylation is 1. The van der Waals surface area contributed by atoms with Crippen LogP contribution in [0, 0.1) is 6.92 Å². The Labute approximate surface area is 199 Å². The molecule has 1 saturated heterocycles. The van der Waals surface area contributed by atoms with Crippen LogP contribution in [0.4, 0.5) is 5.69 Å². The highest BCUT2D eigenvalue weighted by Gasteiger charge is 2.47. The molecule has 0 aliphatic carbocycles. The Morgan fingerprint density at radius 3 is 2.50 bits per heavy atom. The predicted octanol–water partition coefficient (Wildman–Crippen LogP) is 5.42. The van der Waals surface area contributed by atoms with E-state index < -0.39 is 17.7 Å². The molecule has 0 spiro atoms. The van der Waals surface area contributed by atoms with E-state index in [0.717, 1.165) is 12.0 Å². The summed E-state index contributed by atoms with van der Waals surface area (Å²) in [4.78, 5) is 28.1. The zero-order valence-electron chi connectivity index (χ0n) is 19.4. The van der Waals surface area contributed by atoms with Crippen molar-refractivity contribution < 1.29 is 24.2 Å². The lowest BCUT2D eigenvalue weighted by Gasteiger charge is -2.27. The first-order valence-corrected chi connectivity index (χ1v) is 11.2. The minimum absolute atomic E-state index is 0.00338. The molecule has 0 saturated carbocycles. The van der Waals surface area contributed by atoms with Crippen molar-refractivity contribution in [1.82, 2.24) is 0 Å². The van der Waals surface area contributed by atoms with E-state index in [1.807, 2.05) is 44.2 Å². The number of amides is 1. The van der Waals surface area contributed by atoms with E-state index in [0.29, 0.717) is 34.9 Å². The first-order chi connectivity index (χ1) is 16.5. The van der Waals surface area contributed by atoms with Crippen molar-refractivity contribution in [2.75, 3.05) is 18.6 Å². The summed E-state index contributed by atoms with van der Waals surface area (Å²) in [5.41, 5.74) is 2.51. The first-order valence-electron chi connectivity index (χ1n) is 11.2. The lowest BCUT2D eigenvalue weighted by atomic mass is 9.94. The smallest absolute Gasteiger partial charge is 0.300 e. The highest BCUT2D eigenvalue weighted by atomic mass is 16.5. The summed E-state index contributed by atoms with van der Waals surface area (Å²) >= 11 is 0. The fraction of sp³-hybridized carbons (Fsp3) is 0.214. The van der Waals surface area contributed by atoms with Gasteiger partial charge in [0.15, 0.2) is 0 Å². The fourth-order valence-electron chi connectivity index (χ4n) is 4.17. The van der Waals surface area contributed by atoms with Gasteiger partial charge in [-0.05, 0) is 49.2 Å². The highest BCUT2D eigenvalue weighted by Crippen LogP contribution is 2.45. The number of rotatable bonds is 7. The molecule has 0 bridgehead atoms. The average Bonchev–Trinajstić information content (AvgIpc) is 3.12. The molecule has 4 rings (SSSR count). The summed E-state index contributed by atoms with van der Waals surface area (Å²) in [6, 6.07) is 20.6. The summed E-state index contributed by atoms with van der Waals surface area (Å²) < 4.78 is 11.3. The zero-order valence-corrected chi connectivity index (χ0v) is 19.4. The molecular formula is C28H27NO5. The van der Waals surface area contributed by atoms with Crippen molar-refractivity contribution in [3.05, 3.63) is 95.1 Å². The van der Waals surface area contributed by atoms with Crippen LogP contribution in [0.1, 0.15) is 36.1 Å². The molecule has 1 aliphatic heterocycles. The van der Waals surface area contributed by atoms with Crippen LogP contribution in [0.5, 0.6) is 11.5 Å². The van der Waals surface area contributed by atoms with E-state index in [1.165, 1.54) is 12.0 Å². The summed E-state index contributed by atoms with van der Waals surface area (Å²) in [6.45, 7) is 4.45. The summed E-state index contributed by atoms with van der Waals surface area (Å²) in [7, 11) is 1.53. The van der Waals surface area contributed by atoms with Crippen LogP contribution in [-0.2, 0) is 9.59 Å². The molecule has 6 nitrogen and oxygen atoms in total.